The lowest BCUT2D eigenvalue weighted by Crippen LogP contribution is -2.13. The quantitative estimate of drug-likeness (QED) is 0.558. The number of carbonyl (C=O) groups is 3. The number of amides is 3. The third-order valence-electron chi connectivity index (χ3n) is 3.69. The molecule has 8 heteroatoms. The second kappa shape index (κ2) is 8.69. The summed E-state index contributed by atoms with van der Waals surface area (Å²) in [5.41, 5.74) is 1.99. The van der Waals surface area contributed by atoms with Crippen LogP contribution in [0.15, 0.2) is 60.0 Å². The van der Waals surface area contributed by atoms with Crippen molar-refractivity contribution >= 4 is 57.7 Å². The fourth-order valence-corrected chi connectivity index (χ4v) is 3.24. The molecule has 0 radical (unpaired) electrons. The minimum atomic E-state index is -0.320. The molecule has 3 N–H and O–H groups in total. The van der Waals surface area contributed by atoms with Crippen molar-refractivity contribution in [2.45, 2.75) is 6.92 Å². The first-order valence-corrected chi connectivity index (χ1v) is 9.51. The Labute approximate surface area is 170 Å². The van der Waals surface area contributed by atoms with Crippen LogP contribution in [0.25, 0.3) is 0 Å². The molecule has 0 bridgehead atoms. The molecule has 0 atom stereocenters. The van der Waals surface area contributed by atoms with Crippen molar-refractivity contribution in [2.24, 2.45) is 0 Å². The molecule has 28 heavy (non-hydrogen) atoms. The van der Waals surface area contributed by atoms with Gasteiger partial charge < -0.3 is 16.0 Å². The van der Waals surface area contributed by atoms with Crippen molar-refractivity contribution in [3.05, 3.63) is 75.4 Å². The van der Waals surface area contributed by atoms with Crippen LogP contribution in [0, 0.1) is 0 Å². The Kier molecular flexibility index (Phi) is 6.08. The maximum Gasteiger partial charge on any atom is 0.265 e. The van der Waals surface area contributed by atoms with E-state index in [0.29, 0.717) is 32.5 Å². The number of hydrogen-bond donors (Lipinski definition) is 3. The van der Waals surface area contributed by atoms with E-state index in [1.165, 1.54) is 18.3 Å². The topological polar surface area (TPSA) is 87.3 Å². The zero-order valence-electron chi connectivity index (χ0n) is 14.8. The van der Waals surface area contributed by atoms with E-state index in [0.717, 1.165) is 0 Å². The molecule has 0 aliphatic rings. The SMILES string of the molecule is CC(=O)Nc1ccc(NC(=O)c2ccc(NC(=O)c3cccs3)cc2)cc1Cl. The Bertz CT molecular complexity index is 1020. The predicted octanol–water partition coefficient (Wildman–Crippen LogP) is 4.86. The highest BCUT2D eigenvalue weighted by Gasteiger charge is 2.10. The van der Waals surface area contributed by atoms with E-state index in [1.54, 1.807) is 48.5 Å². The molecule has 0 spiro atoms. The van der Waals surface area contributed by atoms with E-state index in [-0.39, 0.29) is 17.7 Å². The molecule has 0 saturated carbocycles. The lowest BCUT2D eigenvalue weighted by Gasteiger charge is -2.10. The summed E-state index contributed by atoms with van der Waals surface area (Å²) in [6.07, 6.45) is 0. The largest absolute Gasteiger partial charge is 0.325 e. The summed E-state index contributed by atoms with van der Waals surface area (Å²) in [6.45, 7) is 1.39. The Balaban J connectivity index is 1.64. The van der Waals surface area contributed by atoms with Crippen molar-refractivity contribution in [3.8, 4) is 0 Å². The van der Waals surface area contributed by atoms with E-state index in [1.807, 2.05) is 11.4 Å². The molecule has 2 aromatic carbocycles. The van der Waals surface area contributed by atoms with Gasteiger partial charge in [0.05, 0.1) is 15.6 Å². The predicted molar refractivity (Wildman–Crippen MR) is 112 cm³/mol. The molecule has 3 aromatic rings. The molecule has 1 aromatic heterocycles. The monoisotopic (exact) mass is 413 g/mol. The molecule has 3 rings (SSSR count). The van der Waals surface area contributed by atoms with Crippen molar-refractivity contribution in [2.75, 3.05) is 16.0 Å². The molecular weight excluding hydrogens is 398 g/mol. The lowest BCUT2D eigenvalue weighted by atomic mass is 10.2. The average molecular weight is 414 g/mol. The van der Waals surface area contributed by atoms with Gasteiger partial charge in [0.15, 0.2) is 0 Å². The second-order valence-electron chi connectivity index (χ2n) is 5.84. The minimum Gasteiger partial charge on any atom is -0.325 e. The van der Waals surface area contributed by atoms with E-state index in [9.17, 15) is 14.4 Å². The molecule has 0 unspecified atom stereocenters. The highest BCUT2D eigenvalue weighted by atomic mass is 35.5. The van der Waals surface area contributed by atoms with Gasteiger partial charge in [-0.15, -0.1) is 11.3 Å². The average Bonchev–Trinajstić information content (AvgIpc) is 3.19. The van der Waals surface area contributed by atoms with Gasteiger partial charge >= 0.3 is 0 Å². The Morgan fingerprint density at radius 1 is 0.857 bits per heavy atom. The van der Waals surface area contributed by atoms with Gasteiger partial charge in [0, 0.05) is 23.9 Å². The minimum absolute atomic E-state index is 0.193. The van der Waals surface area contributed by atoms with Crippen LogP contribution in [0.5, 0.6) is 0 Å². The van der Waals surface area contributed by atoms with Crippen LogP contribution in [0.2, 0.25) is 5.02 Å². The molecule has 0 fully saturated rings. The van der Waals surface area contributed by atoms with Gasteiger partial charge in [0.1, 0.15) is 0 Å². The summed E-state index contributed by atoms with van der Waals surface area (Å²) in [6, 6.07) is 14.9. The van der Waals surface area contributed by atoms with Crippen LogP contribution in [0.1, 0.15) is 27.0 Å². The van der Waals surface area contributed by atoms with Crippen molar-refractivity contribution in [1.29, 1.82) is 0 Å². The second-order valence-corrected chi connectivity index (χ2v) is 7.19. The molecule has 6 nitrogen and oxygen atoms in total. The van der Waals surface area contributed by atoms with Gasteiger partial charge in [-0.05, 0) is 53.9 Å². The number of carbonyl (C=O) groups excluding carboxylic acids is 3. The van der Waals surface area contributed by atoms with Crippen LogP contribution in [-0.2, 0) is 4.79 Å². The van der Waals surface area contributed by atoms with Gasteiger partial charge in [-0.1, -0.05) is 17.7 Å². The molecule has 0 aliphatic carbocycles. The first-order valence-electron chi connectivity index (χ1n) is 8.26. The number of nitrogens with one attached hydrogen (secondary N) is 3. The molecule has 3 amide bonds. The molecule has 142 valence electrons. The van der Waals surface area contributed by atoms with Gasteiger partial charge in [0.25, 0.3) is 11.8 Å². The maximum absolute atomic E-state index is 12.4. The first-order chi connectivity index (χ1) is 13.4. The van der Waals surface area contributed by atoms with Gasteiger partial charge in [-0.2, -0.15) is 0 Å². The van der Waals surface area contributed by atoms with Gasteiger partial charge in [-0.3, -0.25) is 14.4 Å². The van der Waals surface area contributed by atoms with E-state index in [4.69, 9.17) is 11.6 Å². The zero-order valence-corrected chi connectivity index (χ0v) is 16.4. The highest BCUT2D eigenvalue weighted by Crippen LogP contribution is 2.26. The molecule has 0 aliphatic heterocycles. The van der Waals surface area contributed by atoms with Crippen LogP contribution >= 0.6 is 22.9 Å². The fraction of sp³-hybridized carbons (Fsp3) is 0.0500. The molecular formula is C20H16ClN3O3S. The highest BCUT2D eigenvalue weighted by molar-refractivity contribution is 7.12. The summed E-state index contributed by atoms with van der Waals surface area (Å²) >= 11 is 7.46. The summed E-state index contributed by atoms with van der Waals surface area (Å²) in [5, 5.41) is 10.3. The third-order valence-corrected chi connectivity index (χ3v) is 4.87. The van der Waals surface area contributed by atoms with E-state index >= 15 is 0 Å². The normalized spacial score (nSPS) is 10.2. The number of benzene rings is 2. The summed E-state index contributed by atoms with van der Waals surface area (Å²) in [5.74, 6) is -0.745. The van der Waals surface area contributed by atoms with Crippen LogP contribution in [0.4, 0.5) is 17.1 Å². The van der Waals surface area contributed by atoms with Crippen molar-refractivity contribution in [3.63, 3.8) is 0 Å². The number of anilines is 3. The zero-order chi connectivity index (χ0) is 20.1. The van der Waals surface area contributed by atoms with Crippen LogP contribution in [-0.4, -0.2) is 17.7 Å². The van der Waals surface area contributed by atoms with Gasteiger partial charge in [0.2, 0.25) is 5.91 Å². The number of halogens is 1. The van der Waals surface area contributed by atoms with Crippen LogP contribution in [0.3, 0.4) is 0 Å². The Morgan fingerprint density at radius 3 is 2.14 bits per heavy atom. The fourth-order valence-electron chi connectivity index (χ4n) is 2.39. The maximum atomic E-state index is 12.4. The summed E-state index contributed by atoms with van der Waals surface area (Å²) in [7, 11) is 0. The first kappa shape index (κ1) is 19.6. The lowest BCUT2D eigenvalue weighted by molar-refractivity contribution is -0.114. The molecule has 0 saturated heterocycles. The summed E-state index contributed by atoms with van der Waals surface area (Å²) in [4.78, 5) is 36.2. The van der Waals surface area contributed by atoms with Crippen molar-refractivity contribution < 1.29 is 14.4 Å². The smallest absolute Gasteiger partial charge is 0.265 e. The summed E-state index contributed by atoms with van der Waals surface area (Å²) < 4.78 is 0. The van der Waals surface area contributed by atoms with Gasteiger partial charge in [-0.25, -0.2) is 0 Å². The number of thiophene rings is 1. The van der Waals surface area contributed by atoms with Crippen LogP contribution < -0.4 is 16.0 Å². The van der Waals surface area contributed by atoms with Crippen molar-refractivity contribution in [1.82, 2.24) is 0 Å². The number of hydrogen-bond acceptors (Lipinski definition) is 4. The third kappa shape index (κ3) is 4.97. The standard InChI is InChI=1S/C20H16ClN3O3S/c1-12(25)22-17-9-8-15(11-16(17)21)24-19(26)13-4-6-14(7-5-13)23-20(27)18-3-2-10-28-18/h2-11H,1H3,(H,22,25)(H,23,27)(H,24,26). The Morgan fingerprint density at radius 2 is 1.54 bits per heavy atom. The van der Waals surface area contributed by atoms with E-state index in [2.05, 4.69) is 16.0 Å². The number of rotatable bonds is 5. The Hall–Kier alpha value is -3.16. The molecule has 1 heterocycles. The van der Waals surface area contributed by atoms with E-state index < -0.39 is 0 Å².